The molecule has 52 valence electrons. The van der Waals surface area contributed by atoms with E-state index in [1.54, 1.807) is 0 Å². The minimum atomic E-state index is -0.131. The van der Waals surface area contributed by atoms with Crippen LogP contribution in [0.5, 0.6) is 0 Å². The Morgan fingerprint density at radius 1 is 1.56 bits per heavy atom. The lowest BCUT2D eigenvalue weighted by atomic mass is 9.58. The van der Waals surface area contributed by atoms with E-state index in [9.17, 15) is 5.11 Å². The topological polar surface area (TPSA) is 58.3 Å². The van der Waals surface area contributed by atoms with Crippen LogP contribution in [-0.2, 0) is 0 Å². The molecule has 2 aliphatic rings. The second-order valence-corrected chi connectivity index (χ2v) is 3.19. The molecule has 4 N–H and O–H groups in total. The molecule has 0 aromatic rings. The molecular weight excluding hydrogens is 116 g/mol. The molecule has 2 fully saturated rings. The third-order valence-corrected chi connectivity index (χ3v) is 2.79. The molecular formula is C6H12N2O. The van der Waals surface area contributed by atoms with E-state index in [1.165, 1.54) is 0 Å². The first kappa shape index (κ1) is 5.65. The monoisotopic (exact) mass is 128 g/mol. The molecule has 1 saturated carbocycles. The SMILES string of the molecule is NC1CC(O)C12CNC2. The van der Waals surface area contributed by atoms with Crippen molar-refractivity contribution < 1.29 is 5.11 Å². The van der Waals surface area contributed by atoms with Gasteiger partial charge in [-0.15, -0.1) is 0 Å². The lowest BCUT2D eigenvalue weighted by Gasteiger charge is -2.58. The zero-order chi connectivity index (χ0) is 6.48. The first-order valence-corrected chi connectivity index (χ1v) is 3.40. The lowest BCUT2D eigenvalue weighted by Crippen LogP contribution is -2.75. The van der Waals surface area contributed by atoms with Gasteiger partial charge in [-0.2, -0.15) is 0 Å². The molecule has 1 aliphatic heterocycles. The average Bonchev–Trinajstić information content (AvgIpc) is 1.60. The van der Waals surface area contributed by atoms with E-state index in [1.807, 2.05) is 0 Å². The van der Waals surface area contributed by atoms with Gasteiger partial charge in [0.2, 0.25) is 0 Å². The van der Waals surface area contributed by atoms with Crippen molar-refractivity contribution in [3.05, 3.63) is 0 Å². The number of nitrogens with one attached hydrogen (secondary N) is 1. The molecule has 9 heavy (non-hydrogen) atoms. The van der Waals surface area contributed by atoms with Crippen LogP contribution in [0.25, 0.3) is 0 Å². The summed E-state index contributed by atoms with van der Waals surface area (Å²) < 4.78 is 0. The summed E-state index contributed by atoms with van der Waals surface area (Å²) in [6.45, 7) is 1.82. The largest absolute Gasteiger partial charge is 0.392 e. The van der Waals surface area contributed by atoms with Crippen LogP contribution in [0.4, 0.5) is 0 Å². The van der Waals surface area contributed by atoms with Gasteiger partial charge in [0.05, 0.1) is 6.10 Å². The second kappa shape index (κ2) is 1.48. The highest BCUT2D eigenvalue weighted by molar-refractivity contribution is 5.12. The fourth-order valence-electron chi connectivity index (χ4n) is 1.71. The molecule has 0 radical (unpaired) electrons. The van der Waals surface area contributed by atoms with Crippen LogP contribution >= 0.6 is 0 Å². The summed E-state index contributed by atoms with van der Waals surface area (Å²) >= 11 is 0. The molecule has 1 saturated heterocycles. The quantitative estimate of drug-likeness (QED) is 0.379. The van der Waals surface area contributed by atoms with Crippen molar-refractivity contribution >= 4 is 0 Å². The van der Waals surface area contributed by atoms with E-state index in [0.717, 1.165) is 19.5 Å². The Labute approximate surface area is 54.2 Å². The summed E-state index contributed by atoms with van der Waals surface area (Å²) in [4.78, 5) is 0. The third kappa shape index (κ3) is 0.478. The smallest absolute Gasteiger partial charge is 0.0650 e. The Morgan fingerprint density at radius 2 is 2.22 bits per heavy atom. The molecule has 2 unspecified atom stereocenters. The normalized spacial score (nSPS) is 46.0. The number of rotatable bonds is 0. The molecule has 1 aliphatic carbocycles. The van der Waals surface area contributed by atoms with Crippen LogP contribution in [0.15, 0.2) is 0 Å². The molecule has 3 heteroatoms. The summed E-state index contributed by atoms with van der Waals surface area (Å²) in [5, 5.41) is 12.4. The number of aliphatic hydroxyl groups is 1. The summed E-state index contributed by atoms with van der Waals surface area (Å²) in [7, 11) is 0. The van der Waals surface area contributed by atoms with Crippen molar-refractivity contribution in [2.75, 3.05) is 13.1 Å². The molecule has 0 bridgehead atoms. The number of aliphatic hydroxyl groups excluding tert-OH is 1. The zero-order valence-corrected chi connectivity index (χ0v) is 5.30. The van der Waals surface area contributed by atoms with Gasteiger partial charge in [0.25, 0.3) is 0 Å². The summed E-state index contributed by atoms with van der Waals surface area (Å²) in [5.41, 5.74) is 5.79. The van der Waals surface area contributed by atoms with Crippen molar-refractivity contribution in [3.8, 4) is 0 Å². The summed E-state index contributed by atoms with van der Waals surface area (Å²) in [6.07, 6.45) is 0.663. The Hall–Kier alpha value is -0.120. The van der Waals surface area contributed by atoms with Crippen LogP contribution in [0.2, 0.25) is 0 Å². The number of hydrogen-bond acceptors (Lipinski definition) is 3. The molecule has 1 heterocycles. The van der Waals surface area contributed by atoms with E-state index < -0.39 is 0 Å². The van der Waals surface area contributed by atoms with E-state index in [-0.39, 0.29) is 17.6 Å². The average molecular weight is 128 g/mol. The van der Waals surface area contributed by atoms with Crippen LogP contribution in [0, 0.1) is 5.41 Å². The van der Waals surface area contributed by atoms with E-state index in [4.69, 9.17) is 5.73 Å². The van der Waals surface area contributed by atoms with E-state index in [0.29, 0.717) is 0 Å². The van der Waals surface area contributed by atoms with Gasteiger partial charge in [0.15, 0.2) is 0 Å². The third-order valence-electron chi connectivity index (χ3n) is 2.79. The van der Waals surface area contributed by atoms with Crippen LogP contribution in [-0.4, -0.2) is 30.3 Å². The maximum Gasteiger partial charge on any atom is 0.0650 e. The van der Waals surface area contributed by atoms with Crippen LogP contribution in [0.3, 0.4) is 0 Å². The molecule has 0 amide bonds. The maximum absolute atomic E-state index is 9.27. The highest BCUT2D eigenvalue weighted by Crippen LogP contribution is 2.42. The van der Waals surface area contributed by atoms with Gasteiger partial charge in [0.1, 0.15) is 0 Å². The Morgan fingerprint density at radius 3 is 2.33 bits per heavy atom. The van der Waals surface area contributed by atoms with Crippen molar-refractivity contribution in [1.82, 2.24) is 5.32 Å². The van der Waals surface area contributed by atoms with E-state index in [2.05, 4.69) is 5.32 Å². The predicted molar refractivity (Wildman–Crippen MR) is 33.9 cm³/mol. The van der Waals surface area contributed by atoms with Crippen LogP contribution < -0.4 is 11.1 Å². The Balaban J connectivity index is 2.08. The number of hydrogen-bond donors (Lipinski definition) is 3. The standard InChI is InChI=1S/C6H12N2O/c7-4-1-5(9)6(4)2-8-3-6/h4-5,8-9H,1-3,7H2. The van der Waals surface area contributed by atoms with Crippen molar-refractivity contribution in [1.29, 1.82) is 0 Å². The Bertz CT molecular complexity index is 123. The zero-order valence-electron chi connectivity index (χ0n) is 5.30. The molecule has 2 rings (SSSR count). The fourth-order valence-corrected chi connectivity index (χ4v) is 1.71. The summed E-state index contributed by atoms with van der Waals surface area (Å²) in [5.74, 6) is 0. The minimum Gasteiger partial charge on any atom is -0.392 e. The van der Waals surface area contributed by atoms with Gasteiger partial charge < -0.3 is 16.2 Å². The van der Waals surface area contributed by atoms with E-state index >= 15 is 0 Å². The number of nitrogens with two attached hydrogens (primary N) is 1. The molecule has 0 aromatic carbocycles. The van der Waals surface area contributed by atoms with Gasteiger partial charge in [-0.05, 0) is 6.42 Å². The molecule has 1 spiro atoms. The summed E-state index contributed by atoms with van der Waals surface area (Å²) in [6, 6.07) is 0.244. The second-order valence-electron chi connectivity index (χ2n) is 3.19. The van der Waals surface area contributed by atoms with Gasteiger partial charge in [-0.1, -0.05) is 0 Å². The fraction of sp³-hybridized carbons (Fsp3) is 1.00. The maximum atomic E-state index is 9.27. The van der Waals surface area contributed by atoms with Gasteiger partial charge in [0, 0.05) is 24.5 Å². The molecule has 2 atom stereocenters. The van der Waals surface area contributed by atoms with Crippen molar-refractivity contribution in [2.45, 2.75) is 18.6 Å². The van der Waals surface area contributed by atoms with Crippen LogP contribution in [0.1, 0.15) is 6.42 Å². The van der Waals surface area contributed by atoms with Gasteiger partial charge in [-0.25, -0.2) is 0 Å². The van der Waals surface area contributed by atoms with Crippen molar-refractivity contribution in [3.63, 3.8) is 0 Å². The first-order chi connectivity index (χ1) is 4.26. The van der Waals surface area contributed by atoms with Gasteiger partial charge in [-0.3, -0.25) is 0 Å². The minimum absolute atomic E-state index is 0.0833. The Kier molecular flexibility index (Phi) is 0.928. The van der Waals surface area contributed by atoms with Gasteiger partial charge >= 0.3 is 0 Å². The highest BCUT2D eigenvalue weighted by Gasteiger charge is 2.56. The van der Waals surface area contributed by atoms with Crippen molar-refractivity contribution in [2.24, 2.45) is 11.1 Å². The predicted octanol–water partition coefficient (Wildman–Crippen LogP) is -1.33. The first-order valence-electron chi connectivity index (χ1n) is 3.40. The molecule has 3 nitrogen and oxygen atoms in total. The molecule has 0 aromatic heterocycles. The lowest BCUT2D eigenvalue weighted by molar-refractivity contribution is -0.115. The highest BCUT2D eigenvalue weighted by atomic mass is 16.3.